The number of hydrogen-bond donors (Lipinski definition) is 1. The van der Waals surface area contributed by atoms with Gasteiger partial charge in [0.15, 0.2) is 12.0 Å². The van der Waals surface area contributed by atoms with Gasteiger partial charge in [0.2, 0.25) is 5.91 Å². The number of pyridine rings is 1. The molecule has 0 aliphatic carbocycles. The van der Waals surface area contributed by atoms with E-state index in [9.17, 15) is 9.59 Å². The summed E-state index contributed by atoms with van der Waals surface area (Å²) in [4.78, 5) is 29.8. The van der Waals surface area contributed by atoms with Gasteiger partial charge in [0.1, 0.15) is 6.26 Å². The summed E-state index contributed by atoms with van der Waals surface area (Å²) in [6, 6.07) is 18.3. The molecule has 0 spiro atoms. The van der Waals surface area contributed by atoms with E-state index >= 15 is 0 Å². The molecule has 6 nitrogen and oxygen atoms in total. The minimum atomic E-state index is -0.428. The smallest absolute Gasteiger partial charge is 0.248 e. The molecule has 150 valence electrons. The lowest BCUT2D eigenvalue weighted by molar-refractivity contribution is 0.0576. The molecule has 1 aliphatic heterocycles. The summed E-state index contributed by atoms with van der Waals surface area (Å²) in [5.41, 5.74) is 9.03. The number of ether oxygens (including phenoxy) is 1. The van der Waals surface area contributed by atoms with Crippen LogP contribution < -0.4 is 5.73 Å². The zero-order chi connectivity index (χ0) is 20.9. The number of benzene rings is 2. The predicted molar refractivity (Wildman–Crippen MR) is 112 cm³/mol. The van der Waals surface area contributed by atoms with Gasteiger partial charge >= 0.3 is 0 Å². The molecule has 1 aromatic heterocycles. The minimum Gasteiger partial charge on any atom is -0.472 e. The van der Waals surface area contributed by atoms with Crippen molar-refractivity contribution in [2.24, 2.45) is 5.73 Å². The maximum Gasteiger partial charge on any atom is 0.248 e. The van der Waals surface area contributed by atoms with E-state index in [4.69, 9.17) is 10.5 Å². The molecule has 0 saturated carbocycles. The van der Waals surface area contributed by atoms with Crippen molar-refractivity contribution in [1.29, 1.82) is 0 Å². The van der Waals surface area contributed by atoms with E-state index in [-0.39, 0.29) is 12.0 Å². The van der Waals surface area contributed by atoms with Crippen LogP contribution >= 0.6 is 0 Å². The second-order valence-corrected chi connectivity index (χ2v) is 7.02. The Morgan fingerprint density at radius 3 is 2.37 bits per heavy atom. The number of ketones is 1. The lowest BCUT2D eigenvalue weighted by atomic mass is 10.0. The van der Waals surface area contributed by atoms with Gasteiger partial charge in [0.25, 0.3) is 0 Å². The van der Waals surface area contributed by atoms with Crippen LogP contribution in [0.3, 0.4) is 0 Å². The summed E-state index contributed by atoms with van der Waals surface area (Å²) >= 11 is 0. The van der Waals surface area contributed by atoms with Gasteiger partial charge in [-0.2, -0.15) is 0 Å². The normalized spacial score (nSPS) is 15.1. The Bertz CT molecular complexity index is 1060. The van der Waals surface area contributed by atoms with Crippen molar-refractivity contribution < 1.29 is 14.3 Å². The molecule has 0 bridgehead atoms. The Labute approximate surface area is 174 Å². The number of nitrogens with zero attached hydrogens (tertiary/aromatic N) is 2. The number of rotatable bonds is 7. The van der Waals surface area contributed by atoms with Gasteiger partial charge < -0.3 is 15.4 Å². The fourth-order valence-corrected chi connectivity index (χ4v) is 3.36. The molecule has 0 fully saturated rings. The first-order valence-electron chi connectivity index (χ1n) is 9.63. The molecule has 1 atom stereocenters. The molecular formula is C24H21N3O3. The highest BCUT2D eigenvalue weighted by molar-refractivity contribution is 6.08. The van der Waals surface area contributed by atoms with Crippen LogP contribution in [0, 0.1) is 0 Å². The molecule has 2 N–H and O–H groups in total. The summed E-state index contributed by atoms with van der Waals surface area (Å²) in [6.45, 7) is 0.744. The standard InChI is InChI=1S/C24H21N3O3/c25-23(29)19-5-3-17(4-6-19)11-13-27-14-15-30-24(27)20-9-7-18(8-10-20)22(28)21-2-1-12-26-16-21/h1-10,12,14-16,24H,11,13H2,(H2,25,29). The van der Waals surface area contributed by atoms with Crippen molar-refractivity contribution in [3.05, 3.63) is 113 Å². The Balaban J connectivity index is 1.41. The van der Waals surface area contributed by atoms with Gasteiger partial charge in [-0.25, -0.2) is 0 Å². The number of aromatic nitrogens is 1. The van der Waals surface area contributed by atoms with E-state index in [1.165, 1.54) is 0 Å². The number of carbonyl (C=O) groups excluding carboxylic acids is 2. The molecule has 0 saturated heterocycles. The van der Waals surface area contributed by atoms with E-state index in [0.29, 0.717) is 16.7 Å². The third-order valence-electron chi connectivity index (χ3n) is 5.04. The van der Waals surface area contributed by atoms with Gasteiger partial charge in [0, 0.05) is 47.4 Å². The molecule has 30 heavy (non-hydrogen) atoms. The minimum absolute atomic E-state index is 0.0589. The fraction of sp³-hybridized carbons (Fsp3) is 0.125. The summed E-state index contributed by atoms with van der Waals surface area (Å²) in [6.07, 6.45) is 7.36. The first kappa shape index (κ1) is 19.4. The monoisotopic (exact) mass is 399 g/mol. The van der Waals surface area contributed by atoms with E-state index in [1.54, 1.807) is 42.9 Å². The summed E-state index contributed by atoms with van der Waals surface area (Å²) < 4.78 is 5.76. The lowest BCUT2D eigenvalue weighted by Gasteiger charge is -2.24. The largest absolute Gasteiger partial charge is 0.472 e. The molecular weight excluding hydrogens is 378 g/mol. The van der Waals surface area contributed by atoms with Crippen molar-refractivity contribution in [1.82, 2.24) is 9.88 Å². The van der Waals surface area contributed by atoms with Gasteiger partial charge in [-0.1, -0.05) is 36.4 Å². The molecule has 1 unspecified atom stereocenters. The molecule has 3 aromatic rings. The Morgan fingerprint density at radius 2 is 1.70 bits per heavy atom. The molecule has 2 heterocycles. The van der Waals surface area contributed by atoms with Crippen LogP contribution in [-0.2, 0) is 11.2 Å². The quantitative estimate of drug-likeness (QED) is 0.615. The van der Waals surface area contributed by atoms with Crippen molar-refractivity contribution in [2.45, 2.75) is 12.6 Å². The highest BCUT2D eigenvalue weighted by atomic mass is 16.5. The third-order valence-corrected chi connectivity index (χ3v) is 5.04. The van der Waals surface area contributed by atoms with Crippen molar-refractivity contribution in [2.75, 3.05) is 6.54 Å². The van der Waals surface area contributed by atoms with Crippen LogP contribution in [0.2, 0.25) is 0 Å². The zero-order valence-corrected chi connectivity index (χ0v) is 16.3. The fourth-order valence-electron chi connectivity index (χ4n) is 3.36. The Morgan fingerprint density at radius 1 is 0.967 bits per heavy atom. The number of nitrogens with two attached hydrogens (primary N) is 1. The van der Waals surface area contributed by atoms with E-state index < -0.39 is 5.91 Å². The van der Waals surface area contributed by atoms with Crippen molar-refractivity contribution in [3.63, 3.8) is 0 Å². The van der Waals surface area contributed by atoms with Crippen LogP contribution in [0.1, 0.15) is 43.6 Å². The molecule has 0 radical (unpaired) electrons. The Hall–Kier alpha value is -3.93. The van der Waals surface area contributed by atoms with E-state index in [1.807, 2.05) is 42.6 Å². The molecule has 4 rings (SSSR count). The highest BCUT2D eigenvalue weighted by Gasteiger charge is 2.23. The first-order chi connectivity index (χ1) is 14.6. The maximum atomic E-state index is 12.5. The van der Waals surface area contributed by atoms with E-state index in [2.05, 4.69) is 9.88 Å². The van der Waals surface area contributed by atoms with Crippen LogP contribution in [0.25, 0.3) is 0 Å². The first-order valence-corrected chi connectivity index (χ1v) is 9.63. The zero-order valence-electron chi connectivity index (χ0n) is 16.3. The van der Waals surface area contributed by atoms with Gasteiger partial charge in [-0.05, 0) is 36.2 Å². The van der Waals surface area contributed by atoms with Crippen LogP contribution in [0.4, 0.5) is 0 Å². The number of primary amides is 1. The molecule has 2 aromatic carbocycles. The summed E-state index contributed by atoms with van der Waals surface area (Å²) in [5, 5.41) is 0. The van der Waals surface area contributed by atoms with Crippen molar-refractivity contribution in [3.8, 4) is 0 Å². The van der Waals surface area contributed by atoms with Crippen LogP contribution in [0.5, 0.6) is 0 Å². The van der Waals surface area contributed by atoms with Gasteiger partial charge in [-0.15, -0.1) is 0 Å². The number of amides is 1. The Kier molecular flexibility index (Phi) is 5.57. The SMILES string of the molecule is NC(=O)c1ccc(CCN2C=COC2c2ccc(C(=O)c3cccnc3)cc2)cc1. The molecule has 1 aliphatic rings. The van der Waals surface area contributed by atoms with Gasteiger partial charge in [-0.3, -0.25) is 14.6 Å². The second-order valence-electron chi connectivity index (χ2n) is 7.02. The average Bonchev–Trinajstić information content (AvgIpc) is 3.27. The maximum absolute atomic E-state index is 12.5. The lowest BCUT2D eigenvalue weighted by Crippen LogP contribution is -2.23. The van der Waals surface area contributed by atoms with E-state index in [0.717, 1.165) is 24.1 Å². The predicted octanol–water partition coefficient (Wildman–Crippen LogP) is 3.46. The molecule has 6 heteroatoms. The second kappa shape index (κ2) is 8.61. The number of hydrogen-bond acceptors (Lipinski definition) is 5. The van der Waals surface area contributed by atoms with Crippen LogP contribution in [0.15, 0.2) is 85.5 Å². The van der Waals surface area contributed by atoms with Crippen molar-refractivity contribution >= 4 is 11.7 Å². The highest BCUT2D eigenvalue weighted by Crippen LogP contribution is 2.28. The van der Waals surface area contributed by atoms with Crippen LogP contribution in [-0.4, -0.2) is 28.1 Å². The van der Waals surface area contributed by atoms with Gasteiger partial charge in [0.05, 0.1) is 0 Å². The molecule has 1 amide bonds. The summed E-state index contributed by atoms with van der Waals surface area (Å²) in [7, 11) is 0. The number of carbonyl (C=O) groups is 2. The third kappa shape index (κ3) is 4.22. The average molecular weight is 399 g/mol. The topological polar surface area (TPSA) is 85.5 Å². The summed E-state index contributed by atoms with van der Waals surface area (Å²) in [5.74, 6) is -0.487.